The number of methoxy groups -OCH3 is 2. The zero-order valence-corrected chi connectivity index (χ0v) is 11.9. The minimum Gasteiger partial charge on any atom is -0.497 e. The minimum absolute atomic E-state index is 0.0870. The van der Waals surface area contributed by atoms with Gasteiger partial charge in [0.25, 0.3) is 0 Å². The molecular formula is C13H17BrO3. The summed E-state index contributed by atoms with van der Waals surface area (Å²) in [4.78, 5) is 11.9. The molecule has 0 aliphatic carbocycles. The van der Waals surface area contributed by atoms with Gasteiger partial charge in [-0.3, -0.25) is 4.79 Å². The number of ketones is 1. The molecule has 3 nitrogen and oxygen atoms in total. The molecule has 4 heteroatoms. The fourth-order valence-electron chi connectivity index (χ4n) is 1.64. The largest absolute Gasteiger partial charge is 0.497 e. The van der Waals surface area contributed by atoms with Crippen LogP contribution in [0.15, 0.2) is 22.7 Å². The van der Waals surface area contributed by atoms with E-state index in [4.69, 9.17) is 9.47 Å². The van der Waals surface area contributed by atoms with E-state index in [1.807, 2.05) is 25.1 Å². The molecule has 0 aromatic heterocycles. The van der Waals surface area contributed by atoms with E-state index in [9.17, 15) is 4.79 Å². The Balaban J connectivity index is 2.83. The van der Waals surface area contributed by atoms with E-state index in [2.05, 4.69) is 15.9 Å². The molecule has 1 rings (SSSR count). The molecule has 0 saturated carbocycles. The van der Waals surface area contributed by atoms with Gasteiger partial charge in [-0.1, -0.05) is 22.9 Å². The minimum atomic E-state index is -0.326. The van der Waals surface area contributed by atoms with Crippen molar-refractivity contribution in [1.82, 2.24) is 0 Å². The van der Waals surface area contributed by atoms with Gasteiger partial charge in [0.05, 0.1) is 7.11 Å². The number of hydrogen-bond donors (Lipinski definition) is 0. The third kappa shape index (κ3) is 3.82. The second kappa shape index (κ2) is 6.77. The number of rotatable bonds is 6. The lowest BCUT2D eigenvalue weighted by molar-refractivity contribution is -0.128. The Kier molecular flexibility index (Phi) is 5.65. The van der Waals surface area contributed by atoms with Gasteiger partial charge in [0, 0.05) is 18.0 Å². The van der Waals surface area contributed by atoms with Gasteiger partial charge in [0.1, 0.15) is 11.9 Å². The van der Waals surface area contributed by atoms with E-state index in [0.29, 0.717) is 12.8 Å². The lowest BCUT2D eigenvalue weighted by atomic mass is 10.0. The van der Waals surface area contributed by atoms with Crippen LogP contribution in [0.25, 0.3) is 0 Å². The number of halogens is 1. The second-order valence-corrected chi connectivity index (χ2v) is 4.59. The molecule has 1 aromatic rings. The van der Waals surface area contributed by atoms with Crippen molar-refractivity contribution in [3.8, 4) is 5.75 Å². The molecule has 0 heterocycles. The van der Waals surface area contributed by atoms with Gasteiger partial charge >= 0.3 is 0 Å². The summed E-state index contributed by atoms with van der Waals surface area (Å²) < 4.78 is 11.2. The zero-order valence-electron chi connectivity index (χ0n) is 10.3. The van der Waals surface area contributed by atoms with Crippen molar-refractivity contribution >= 4 is 21.7 Å². The first kappa shape index (κ1) is 14.2. The lowest BCUT2D eigenvalue weighted by Gasteiger charge is -2.13. The molecule has 0 spiro atoms. The summed E-state index contributed by atoms with van der Waals surface area (Å²) in [6.07, 6.45) is 0.717. The first-order valence-corrected chi connectivity index (χ1v) is 6.29. The topological polar surface area (TPSA) is 35.5 Å². The molecule has 0 saturated heterocycles. The van der Waals surface area contributed by atoms with E-state index >= 15 is 0 Å². The summed E-state index contributed by atoms with van der Waals surface area (Å²) >= 11 is 3.43. The number of ether oxygens (including phenoxy) is 2. The molecule has 17 heavy (non-hydrogen) atoms. The van der Waals surface area contributed by atoms with Gasteiger partial charge in [-0.2, -0.15) is 0 Å². The third-order valence-electron chi connectivity index (χ3n) is 2.63. The molecule has 0 amide bonds. The quantitative estimate of drug-likeness (QED) is 0.810. The maximum absolute atomic E-state index is 11.9. The van der Waals surface area contributed by atoms with E-state index in [1.165, 1.54) is 0 Å². The van der Waals surface area contributed by atoms with Gasteiger partial charge in [-0.05, 0) is 30.2 Å². The van der Waals surface area contributed by atoms with Gasteiger partial charge in [0.15, 0.2) is 5.78 Å². The predicted octanol–water partition coefficient (Wildman–Crippen LogP) is 2.99. The monoisotopic (exact) mass is 300 g/mol. The van der Waals surface area contributed by atoms with Crippen LogP contribution in [-0.4, -0.2) is 26.1 Å². The Morgan fingerprint density at radius 2 is 2.12 bits per heavy atom. The molecule has 1 aromatic carbocycles. The molecule has 0 radical (unpaired) electrons. The SMILES string of the molecule is CCC(OC)C(=O)Cc1cc(OC)ccc1Br. The molecule has 0 N–H and O–H groups in total. The van der Waals surface area contributed by atoms with Crippen molar-refractivity contribution in [3.63, 3.8) is 0 Å². The lowest BCUT2D eigenvalue weighted by Crippen LogP contribution is -2.23. The number of benzene rings is 1. The zero-order chi connectivity index (χ0) is 12.8. The standard InChI is InChI=1S/C13H17BrO3/c1-4-13(17-3)12(15)8-9-7-10(16-2)5-6-11(9)14/h5-7,13H,4,8H2,1-3H3. The van der Waals surface area contributed by atoms with E-state index < -0.39 is 0 Å². The van der Waals surface area contributed by atoms with E-state index in [-0.39, 0.29) is 11.9 Å². The Bertz CT molecular complexity index is 386. The molecular weight excluding hydrogens is 284 g/mol. The molecule has 1 atom stereocenters. The molecule has 1 unspecified atom stereocenters. The summed E-state index contributed by atoms with van der Waals surface area (Å²) in [6.45, 7) is 1.94. The van der Waals surface area contributed by atoms with Crippen molar-refractivity contribution in [2.75, 3.05) is 14.2 Å². The molecule has 0 fully saturated rings. The number of carbonyl (C=O) groups excluding carboxylic acids is 1. The highest BCUT2D eigenvalue weighted by molar-refractivity contribution is 9.10. The Morgan fingerprint density at radius 3 is 2.65 bits per heavy atom. The van der Waals surface area contributed by atoms with Crippen molar-refractivity contribution in [1.29, 1.82) is 0 Å². The normalized spacial score (nSPS) is 12.2. The van der Waals surface area contributed by atoms with E-state index in [1.54, 1.807) is 14.2 Å². The van der Waals surface area contributed by atoms with Crippen LogP contribution in [0, 0.1) is 0 Å². The first-order valence-electron chi connectivity index (χ1n) is 5.50. The van der Waals surface area contributed by atoms with Crippen LogP contribution in [0.1, 0.15) is 18.9 Å². The fourth-order valence-corrected chi connectivity index (χ4v) is 2.03. The highest BCUT2D eigenvalue weighted by Crippen LogP contribution is 2.23. The van der Waals surface area contributed by atoms with Crippen LogP contribution in [0.4, 0.5) is 0 Å². The van der Waals surface area contributed by atoms with Gasteiger partial charge in [-0.15, -0.1) is 0 Å². The molecule has 0 bridgehead atoms. The maximum atomic E-state index is 11.9. The smallest absolute Gasteiger partial charge is 0.165 e. The highest BCUT2D eigenvalue weighted by atomic mass is 79.9. The van der Waals surface area contributed by atoms with Crippen LogP contribution in [0.5, 0.6) is 5.75 Å². The van der Waals surface area contributed by atoms with Crippen LogP contribution in [0.3, 0.4) is 0 Å². The van der Waals surface area contributed by atoms with Crippen molar-refractivity contribution in [3.05, 3.63) is 28.2 Å². The third-order valence-corrected chi connectivity index (χ3v) is 3.41. The highest BCUT2D eigenvalue weighted by Gasteiger charge is 2.17. The Labute approximate surface area is 110 Å². The van der Waals surface area contributed by atoms with Crippen LogP contribution in [-0.2, 0) is 16.0 Å². The number of hydrogen-bond acceptors (Lipinski definition) is 3. The van der Waals surface area contributed by atoms with E-state index in [0.717, 1.165) is 15.8 Å². The molecule has 0 aliphatic heterocycles. The van der Waals surface area contributed by atoms with Crippen LogP contribution in [0.2, 0.25) is 0 Å². The number of Topliss-reactive ketones (excluding diaryl/α,β-unsaturated/α-hetero) is 1. The Morgan fingerprint density at radius 1 is 1.41 bits per heavy atom. The molecule has 94 valence electrons. The van der Waals surface area contributed by atoms with Gasteiger partial charge < -0.3 is 9.47 Å². The Hall–Kier alpha value is -0.870. The summed E-state index contributed by atoms with van der Waals surface area (Å²) in [7, 11) is 3.17. The fraction of sp³-hybridized carbons (Fsp3) is 0.462. The average molecular weight is 301 g/mol. The molecule has 0 aliphatic rings. The average Bonchev–Trinajstić information content (AvgIpc) is 2.33. The second-order valence-electron chi connectivity index (χ2n) is 3.73. The number of carbonyl (C=O) groups is 1. The van der Waals surface area contributed by atoms with Crippen LogP contribution < -0.4 is 4.74 Å². The van der Waals surface area contributed by atoms with Crippen molar-refractivity contribution in [2.24, 2.45) is 0 Å². The summed E-state index contributed by atoms with van der Waals surface area (Å²) in [6, 6.07) is 5.60. The summed E-state index contributed by atoms with van der Waals surface area (Å²) in [5, 5.41) is 0. The predicted molar refractivity (Wildman–Crippen MR) is 70.5 cm³/mol. The van der Waals surface area contributed by atoms with Crippen molar-refractivity contribution in [2.45, 2.75) is 25.9 Å². The maximum Gasteiger partial charge on any atom is 0.165 e. The van der Waals surface area contributed by atoms with Gasteiger partial charge in [-0.25, -0.2) is 0 Å². The first-order chi connectivity index (χ1) is 8.12. The van der Waals surface area contributed by atoms with Gasteiger partial charge in [0.2, 0.25) is 0 Å². The summed E-state index contributed by atoms with van der Waals surface area (Å²) in [5.41, 5.74) is 0.921. The summed E-state index contributed by atoms with van der Waals surface area (Å²) in [5.74, 6) is 0.838. The van der Waals surface area contributed by atoms with Crippen molar-refractivity contribution < 1.29 is 14.3 Å². The van der Waals surface area contributed by atoms with Crippen LogP contribution >= 0.6 is 15.9 Å².